The Balaban J connectivity index is 1.67. The first kappa shape index (κ1) is 22.9. The molecule has 0 aliphatic carbocycles. The van der Waals surface area contributed by atoms with Gasteiger partial charge in [0.1, 0.15) is 0 Å². The molecule has 0 atom stereocenters. The number of hydrogen-bond donors (Lipinski definition) is 1. The summed E-state index contributed by atoms with van der Waals surface area (Å²) in [5.74, 6) is 0. The molecule has 1 aromatic heterocycles. The van der Waals surface area contributed by atoms with Gasteiger partial charge in [-0.1, -0.05) is 127 Å². The minimum Gasteiger partial charge on any atom is -0.306 e. The number of nitrogens with one attached hydrogen (secondary N) is 1. The van der Waals surface area contributed by atoms with Gasteiger partial charge in [-0.05, 0) is 35.4 Å². The summed E-state index contributed by atoms with van der Waals surface area (Å²) in [6.07, 6.45) is 2.14. The Morgan fingerprint density at radius 1 is 0.410 bits per heavy atom. The molecule has 5 aromatic carbocycles. The predicted molar refractivity (Wildman–Crippen MR) is 162 cm³/mol. The Labute approximate surface area is 228 Å². The molecule has 0 fully saturated rings. The first-order chi connectivity index (χ1) is 19.4. The Kier molecular flexibility index (Phi) is 5.80. The summed E-state index contributed by atoms with van der Waals surface area (Å²) < 4.78 is 2.43. The van der Waals surface area contributed by atoms with E-state index < -0.39 is 0 Å². The second kappa shape index (κ2) is 9.88. The third-order valence-electron chi connectivity index (χ3n) is 7.18. The summed E-state index contributed by atoms with van der Waals surface area (Å²) in [6.45, 7) is 0. The summed E-state index contributed by atoms with van der Waals surface area (Å²) in [4.78, 5) is 0. The number of benzene rings is 5. The molecule has 0 saturated carbocycles. The molecule has 3 heteroatoms. The van der Waals surface area contributed by atoms with Crippen molar-refractivity contribution in [2.75, 3.05) is 5.01 Å². The number of fused-ring (bicyclic) bond motifs is 1. The highest BCUT2D eigenvalue weighted by molar-refractivity contribution is 6.03. The van der Waals surface area contributed by atoms with Gasteiger partial charge in [-0.15, -0.1) is 0 Å². The van der Waals surface area contributed by atoms with Gasteiger partial charge < -0.3 is 9.99 Å². The molecule has 7 rings (SSSR count). The standard InChI is InChI=1S/C36H27N3/c1-6-16-27(17-7-1)32-26-37-39(31-24-14-5-15-25-31)36-33(32)34(28-18-8-2-9-19-28)38(30-22-12-4-13-23-30)35(36)29-20-10-3-11-21-29/h1-26,37H. The fourth-order valence-corrected chi connectivity index (χ4v) is 5.49. The van der Waals surface area contributed by atoms with E-state index in [1.165, 1.54) is 11.1 Å². The normalized spacial score (nSPS) is 12.4. The molecule has 6 aromatic rings. The maximum atomic E-state index is 3.65. The molecule has 1 aliphatic rings. The number of para-hydroxylation sites is 2. The van der Waals surface area contributed by atoms with E-state index in [2.05, 4.69) is 173 Å². The first-order valence-corrected chi connectivity index (χ1v) is 13.2. The predicted octanol–water partition coefficient (Wildman–Crippen LogP) is 8.86. The lowest BCUT2D eigenvalue weighted by atomic mass is 9.93. The van der Waals surface area contributed by atoms with E-state index in [1.807, 2.05) is 0 Å². The lowest BCUT2D eigenvalue weighted by molar-refractivity contribution is 0.877. The molecule has 39 heavy (non-hydrogen) atoms. The van der Waals surface area contributed by atoms with Crippen molar-refractivity contribution < 1.29 is 0 Å². The Bertz CT molecular complexity index is 1740. The minimum absolute atomic E-state index is 1.07. The lowest BCUT2D eigenvalue weighted by Crippen LogP contribution is -2.33. The molecule has 0 radical (unpaired) electrons. The van der Waals surface area contributed by atoms with Crippen molar-refractivity contribution in [2.45, 2.75) is 0 Å². The van der Waals surface area contributed by atoms with Crippen LogP contribution in [-0.4, -0.2) is 4.57 Å². The van der Waals surface area contributed by atoms with Gasteiger partial charge in [0, 0.05) is 28.6 Å². The van der Waals surface area contributed by atoms with E-state index in [0.717, 1.165) is 45.2 Å². The highest BCUT2D eigenvalue weighted by Crippen LogP contribution is 2.51. The zero-order valence-electron chi connectivity index (χ0n) is 21.4. The van der Waals surface area contributed by atoms with Crippen molar-refractivity contribution in [1.29, 1.82) is 0 Å². The van der Waals surface area contributed by atoms with Crippen LogP contribution in [-0.2, 0) is 0 Å². The van der Waals surface area contributed by atoms with Crippen molar-refractivity contribution in [3.8, 4) is 28.2 Å². The van der Waals surface area contributed by atoms with Crippen molar-refractivity contribution >= 4 is 16.9 Å². The van der Waals surface area contributed by atoms with Crippen LogP contribution in [0, 0.1) is 0 Å². The Morgan fingerprint density at radius 2 is 0.846 bits per heavy atom. The molecule has 0 saturated heterocycles. The highest BCUT2D eigenvalue weighted by atomic mass is 15.5. The van der Waals surface area contributed by atoms with Gasteiger partial charge in [0.25, 0.3) is 0 Å². The van der Waals surface area contributed by atoms with Gasteiger partial charge in [-0.25, -0.2) is 0 Å². The van der Waals surface area contributed by atoms with Crippen LogP contribution < -0.4 is 10.4 Å². The summed E-state index contributed by atoms with van der Waals surface area (Å²) in [5, 5.41) is 2.22. The van der Waals surface area contributed by atoms with Crippen LogP contribution in [0.15, 0.2) is 158 Å². The minimum atomic E-state index is 1.07. The number of nitrogens with zero attached hydrogens (tertiary/aromatic N) is 2. The van der Waals surface area contributed by atoms with E-state index in [9.17, 15) is 0 Å². The van der Waals surface area contributed by atoms with E-state index in [0.29, 0.717) is 0 Å². The van der Waals surface area contributed by atoms with Crippen LogP contribution in [0.25, 0.3) is 33.8 Å². The van der Waals surface area contributed by atoms with Gasteiger partial charge in [0.2, 0.25) is 0 Å². The highest BCUT2D eigenvalue weighted by Gasteiger charge is 2.34. The SMILES string of the molecule is C1=C(c2ccccc2)c2c(c(-c3ccccc3)n(-c3ccccc3)c2-c2ccccc2)N(c2ccccc2)N1. The second-order valence-electron chi connectivity index (χ2n) is 9.55. The molecular formula is C36H27N3. The van der Waals surface area contributed by atoms with Crippen molar-refractivity contribution in [1.82, 2.24) is 9.99 Å². The number of hydrogen-bond acceptors (Lipinski definition) is 2. The van der Waals surface area contributed by atoms with Crippen LogP contribution >= 0.6 is 0 Å². The fraction of sp³-hybridized carbons (Fsp3) is 0. The molecule has 3 nitrogen and oxygen atoms in total. The molecular weight excluding hydrogens is 474 g/mol. The smallest absolute Gasteiger partial charge is 0.0977 e. The van der Waals surface area contributed by atoms with Crippen LogP contribution in [0.3, 0.4) is 0 Å². The van der Waals surface area contributed by atoms with E-state index >= 15 is 0 Å². The maximum Gasteiger partial charge on any atom is 0.0977 e. The van der Waals surface area contributed by atoms with E-state index in [1.54, 1.807) is 0 Å². The summed E-state index contributed by atoms with van der Waals surface area (Å²) in [7, 11) is 0. The third-order valence-corrected chi connectivity index (χ3v) is 7.18. The summed E-state index contributed by atoms with van der Waals surface area (Å²) in [5.41, 5.74) is 15.1. The monoisotopic (exact) mass is 501 g/mol. The third kappa shape index (κ3) is 4.01. The van der Waals surface area contributed by atoms with Crippen molar-refractivity contribution in [3.63, 3.8) is 0 Å². The van der Waals surface area contributed by atoms with Gasteiger partial charge in [0.05, 0.1) is 22.8 Å². The van der Waals surface area contributed by atoms with E-state index in [-0.39, 0.29) is 0 Å². The van der Waals surface area contributed by atoms with Crippen LogP contribution in [0.2, 0.25) is 0 Å². The fourth-order valence-electron chi connectivity index (χ4n) is 5.49. The quantitative estimate of drug-likeness (QED) is 0.255. The molecule has 0 bridgehead atoms. The molecule has 2 heterocycles. The lowest BCUT2D eigenvalue weighted by Gasteiger charge is -2.31. The van der Waals surface area contributed by atoms with Crippen molar-refractivity contribution in [2.24, 2.45) is 0 Å². The largest absolute Gasteiger partial charge is 0.306 e. The Hall–Kier alpha value is -5.28. The second-order valence-corrected chi connectivity index (χ2v) is 9.55. The molecule has 1 aliphatic heterocycles. The van der Waals surface area contributed by atoms with E-state index in [4.69, 9.17) is 0 Å². The van der Waals surface area contributed by atoms with Crippen molar-refractivity contribution in [3.05, 3.63) is 169 Å². The number of hydrazine groups is 1. The van der Waals surface area contributed by atoms with Crippen LogP contribution in [0.4, 0.5) is 11.4 Å². The average molecular weight is 502 g/mol. The summed E-state index contributed by atoms with van der Waals surface area (Å²) >= 11 is 0. The molecule has 0 unspecified atom stereocenters. The van der Waals surface area contributed by atoms with Crippen LogP contribution in [0.1, 0.15) is 11.1 Å². The maximum absolute atomic E-state index is 3.65. The molecule has 0 amide bonds. The zero-order chi connectivity index (χ0) is 26.0. The number of anilines is 2. The van der Waals surface area contributed by atoms with Gasteiger partial charge >= 0.3 is 0 Å². The number of aromatic nitrogens is 1. The Morgan fingerprint density at radius 3 is 1.38 bits per heavy atom. The molecule has 0 spiro atoms. The first-order valence-electron chi connectivity index (χ1n) is 13.2. The number of rotatable bonds is 5. The zero-order valence-corrected chi connectivity index (χ0v) is 21.4. The van der Waals surface area contributed by atoms with Gasteiger partial charge in [0.15, 0.2) is 0 Å². The molecule has 1 N–H and O–H groups in total. The topological polar surface area (TPSA) is 20.2 Å². The van der Waals surface area contributed by atoms with Gasteiger partial charge in [-0.2, -0.15) is 0 Å². The average Bonchev–Trinajstić information content (AvgIpc) is 3.39. The summed E-state index contributed by atoms with van der Waals surface area (Å²) in [6, 6.07) is 53.3. The van der Waals surface area contributed by atoms with Crippen LogP contribution in [0.5, 0.6) is 0 Å². The molecule has 186 valence electrons. The van der Waals surface area contributed by atoms with Gasteiger partial charge in [-0.3, -0.25) is 5.01 Å².